The van der Waals surface area contributed by atoms with Crippen molar-refractivity contribution in [3.63, 3.8) is 0 Å². The quantitative estimate of drug-likeness (QED) is 0.700. The van der Waals surface area contributed by atoms with Gasteiger partial charge in [0.1, 0.15) is 5.82 Å². The van der Waals surface area contributed by atoms with Crippen molar-refractivity contribution in [1.29, 1.82) is 0 Å². The predicted molar refractivity (Wildman–Crippen MR) is 103 cm³/mol. The van der Waals surface area contributed by atoms with E-state index in [1.165, 1.54) is 5.56 Å². The van der Waals surface area contributed by atoms with E-state index in [9.17, 15) is 0 Å². The summed E-state index contributed by atoms with van der Waals surface area (Å²) < 4.78 is 0. The third-order valence-electron chi connectivity index (χ3n) is 4.16. The van der Waals surface area contributed by atoms with E-state index in [2.05, 4.69) is 46.0 Å². The number of benzene rings is 2. The maximum Gasteiger partial charge on any atom is 0.229 e. The number of hydrogen-bond acceptors (Lipinski definition) is 4. The molecule has 2 N–H and O–H groups in total. The van der Waals surface area contributed by atoms with Crippen LogP contribution in [-0.4, -0.2) is 9.97 Å². The normalized spacial score (nSPS) is 13.5. The number of hydrogen-bond donors (Lipinski definition) is 2. The molecule has 1 heterocycles. The van der Waals surface area contributed by atoms with Gasteiger partial charge in [-0.3, -0.25) is 0 Å². The zero-order valence-corrected chi connectivity index (χ0v) is 13.9. The van der Waals surface area contributed by atoms with Gasteiger partial charge in [-0.2, -0.15) is 4.98 Å². The van der Waals surface area contributed by atoms with E-state index in [0.29, 0.717) is 5.95 Å². The maximum absolute atomic E-state index is 4.70. The van der Waals surface area contributed by atoms with Crippen molar-refractivity contribution >= 4 is 22.7 Å². The van der Waals surface area contributed by atoms with Crippen molar-refractivity contribution in [3.8, 4) is 0 Å². The SMILES string of the molecule is C1=CC(Nc2nc(NCc3ccccc3)c3ccccc3n2)=CCC1. The summed E-state index contributed by atoms with van der Waals surface area (Å²) in [5, 5.41) is 7.80. The molecule has 0 fully saturated rings. The first kappa shape index (κ1) is 15.4. The Bertz CT molecular complexity index is 929. The predicted octanol–water partition coefficient (Wildman–Crippen LogP) is 4.89. The van der Waals surface area contributed by atoms with Gasteiger partial charge in [-0.15, -0.1) is 0 Å². The second-order valence-electron chi connectivity index (χ2n) is 6.02. The van der Waals surface area contributed by atoms with Gasteiger partial charge in [-0.1, -0.05) is 54.6 Å². The van der Waals surface area contributed by atoms with Crippen LogP contribution in [0.3, 0.4) is 0 Å². The summed E-state index contributed by atoms with van der Waals surface area (Å²) in [7, 11) is 0. The number of aromatic nitrogens is 2. The van der Waals surface area contributed by atoms with E-state index >= 15 is 0 Å². The van der Waals surface area contributed by atoms with Crippen LogP contribution in [-0.2, 0) is 6.54 Å². The van der Waals surface area contributed by atoms with E-state index in [-0.39, 0.29) is 0 Å². The van der Waals surface area contributed by atoms with Crippen LogP contribution < -0.4 is 10.6 Å². The second kappa shape index (κ2) is 7.18. The summed E-state index contributed by atoms with van der Waals surface area (Å²) in [6, 6.07) is 18.4. The average Bonchev–Trinajstić information content (AvgIpc) is 2.68. The molecule has 3 aromatic rings. The number of anilines is 2. The van der Waals surface area contributed by atoms with Crippen LogP contribution in [0, 0.1) is 0 Å². The number of nitrogens with zero attached hydrogens (tertiary/aromatic N) is 2. The highest BCUT2D eigenvalue weighted by Crippen LogP contribution is 2.23. The third kappa shape index (κ3) is 3.69. The number of allylic oxidation sites excluding steroid dienone is 3. The molecule has 0 amide bonds. The Morgan fingerprint density at radius 1 is 0.880 bits per heavy atom. The second-order valence-corrected chi connectivity index (χ2v) is 6.02. The summed E-state index contributed by atoms with van der Waals surface area (Å²) in [4.78, 5) is 9.35. The first-order valence-corrected chi connectivity index (χ1v) is 8.57. The molecule has 4 rings (SSSR count). The van der Waals surface area contributed by atoms with Gasteiger partial charge < -0.3 is 10.6 Å². The zero-order chi connectivity index (χ0) is 16.9. The molecule has 1 aromatic heterocycles. The lowest BCUT2D eigenvalue weighted by Crippen LogP contribution is -2.08. The number of para-hydroxylation sites is 1. The fraction of sp³-hybridized carbons (Fsp3) is 0.143. The van der Waals surface area contributed by atoms with Gasteiger partial charge in [0.15, 0.2) is 0 Å². The summed E-state index contributed by atoms with van der Waals surface area (Å²) >= 11 is 0. The van der Waals surface area contributed by atoms with Crippen LogP contribution in [0.5, 0.6) is 0 Å². The highest BCUT2D eigenvalue weighted by Gasteiger charge is 2.08. The minimum absolute atomic E-state index is 0.618. The minimum atomic E-state index is 0.618. The number of rotatable bonds is 5. The maximum atomic E-state index is 4.70. The first-order chi connectivity index (χ1) is 12.4. The molecule has 25 heavy (non-hydrogen) atoms. The molecular formula is C21H20N4. The fourth-order valence-corrected chi connectivity index (χ4v) is 2.88. The van der Waals surface area contributed by atoms with Crippen LogP contribution in [0.2, 0.25) is 0 Å². The summed E-state index contributed by atoms with van der Waals surface area (Å²) in [5.74, 6) is 1.46. The van der Waals surface area contributed by atoms with Crippen LogP contribution in [0.4, 0.5) is 11.8 Å². The minimum Gasteiger partial charge on any atom is -0.365 e. The van der Waals surface area contributed by atoms with Gasteiger partial charge in [0.25, 0.3) is 0 Å². The molecule has 124 valence electrons. The lowest BCUT2D eigenvalue weighted by molar-refractivity contribution is 1.01. The first-order valence-electron chi connectivity index (χ1n) is 8.57. The van der Waals surface area contributed by atoms with Crippen molar-refractivity contribution < 1.29 is 0 Å². The fourth-order valence-electron chi connectivity index (χ4n) is 2.88. The Labute approximate surface area is 147 Å². The topological polar surface area (TPSA) is 49.8 Å². The Kier molecular flexibility index (Phi) is 4.42. The molecule has 0 saturated heterocycles. The van der Waals surface area contributed by atoms with Crippen molar-refractivity contribution in [3.05, 3.63) is 84.1 Å². The molecule has 0 unspecified atom stereocenters. The van der Waals surface area contributed by atoms with E-state index in [1.807, 2.05) is 42.5 Å². The standard InChI is InChI=1S/C21H20N4/c1-3-9-16(10-4-1)15-22-20-18-13-7-8-14-19(18)24-21(25-20)23-17-11-5-2-6-12-17/h1,3-5,7-14H,2,6,15H2,(H2,22,23,24,25). The summed E-state index contributed by atoms with van der Waals surface area (Å²) in [6.07, 6.45) is 8.56. The van der Waals surface area contributed by atoms with E-state index in [1.54, 1.807) is 0 Å². The van der Waals surface area contributed by atoms with Gasteiger partial charge in [0, 0.05) is 17.6 Å². The van der Waals surface area contributed by atoms with Gasteiger partial charge in [0.05, 0.1) is 5.52 Å². The number of fused-ring (bicyclic) bond motifs is 1. The Balaban J connectivity index is 1.64. The van der Waals surface area contributed by atoms with Gasteiger partial charge in [-0.05, 0) is 36.6 Å². The Morgan fingerprint density at radius 3 is 2.56 bits per heavy atom. The Morgan fingerprint density at radius 2 is 1.72 bits per heavy atom. The van der Waals surface area contributed by atoms with Crippen LogP contribution in [0.1, 0.15) is 18.4 Å². The van der Waals surface area contributed by atoms with E-state index < -0.39 is 0 Å². The molecule has 1 aliphatic carbocycles. The van der Waals surface area contributed by atoms with Crippen molar-refractivity contribution in [2.24, 2.45) is 0 Å². The molecule has 0 atom stereocenters. The lowest BCUT2D eigenvalue weighted by Gasteiger charge is -2.13. The molecule has 0 saturated carbocycles. The molecule has 4 nitrogen and oxygen atoms in total. The third-order valence-corrected chi connectivity index (χ3v) is 4.16. The molecule has 0 radical (unpaired) electrons. The van der Waals surface area contributed by atoms with Crippen LogP contribution >= 0.6 is 0 Å². The summed E-state index contributed by atoms with van der Waals surface area (Å²) in [6.45, 7) is 0.726. The van der Waals surface area contributed by atoms with Gasteiger partial charge in [-0.25, -0.2) is 4.98 Å². The molecule has 2 aromatic carbocycles. The van der Waals surface area contributed by atoms with Crippen molar-refractivity contribution in [2.75, 3.05) is 10.6 Å². The van der Waals surface area contributed by atoms with Crippen molar-refractivity contribution in [1.82, 2.24) is 9.97 Å². The molecular weight excluding hydrogens is 308 g/mol. The van der Waals surface area contributed by atoms with Crippen molar-refractivity contribution in [2.45, 2.75) is 19.4 Å². The molecule has 4 heteroatoms. The van der Waals surface area contributed by atoms with Crippen LogP contribution in [0.15, 0.2) is 78.5 Å². The highest BCUT2D eigenvalue weighted by atomic mass is 15.1. The zero-order valence-electron chi connectivity index (χ0n) is 13.9. The highest BCUT2D eigenvalue weighted by molar-refractivity contribution is 5.90. The smallest absolute Gasteiger partial charge is 0.229 e. The monoisotopic (exact) mass is 328 g/mol. The molecule has 1 aliphatic rings. The lowest BCUT2D eigenvalue weighted by atomic mass is 10.1. The summed E-state index contributed by atoms with van der Waals surface area (Å²) in [5.41, 5.74) is 3.20. The number of nitrogens with one attached hydrogen (secondary N) is 2. The molecule has 0 bridgehead atoms. The van der Waals surface area contributed by atoms with Crippen LogP contribution in [0.25, 0.3) is 10.9 Å². The largest absolute Gasteiger partial charge is 0.365 e. The van der Waals surface area contributed by atoms with Gasteiger partial charge in [0.2, 0.25) is 5.95 Å². The molecule has 0 spiro atoms. The average molecular weight is 328 g/mol. The van der Waals surface area contributed by atoms with E-state index in [0.717, 1.165) is 41.8 Å². The Hall–Kier alpha value is -3.14. The molecule has 0 aliphatic heterocycles. The van der Waals surface area contributed by atoms with Gasteiger partial charge >= 0.3 is 0 Å². The van der Waals surface area contributed by atoms with E-state index in [4.69, 9.17) is 4.98 Å².